The molecule has 0 aromatic carbocycles. The highest BCUT2D eigenvalue weighted by Crippen LogP contribution is 2.43. The van der Waals surface area contributed by atoms with Gasteiger partial charge in [-0.2, -0.15) is 0 Å². The van der Waals surface area contributed by atoms with E-state index in [2.05, 4.69) is 15.6 Å². The van der Waals surface area contributed by atoms with Gasteiger partial charge in [0.15, 0.2) is 5.96 Å². The number of rotatable bonds is 8. The zero-order valence-electron chi connectivity index (χ0n) is 13.2. The second-order valence-corrected chi connectivity index (χ2v) is 5.66. The summed E-state index contributed by atoms with van der Waals surface area (Å²) >= 11 is 0. The van der Waals surface area contributed by atoms with Crippen LogP contribution in [0.15, 0.2) is 27.8 Å². The zero-order chi connectivity index (χ0) is 15.0. The Labute approximate surface area is 127 Å². The van der Waals surface area contributed by atoms with Crippen molar-refractivity contribution in [3.05, 3.63) is 24.2 Å². The Morgan fingerprint density at radius 3 is 2.86 bits per heavy atom. The number of hydrogen-bond donors (Lipinski definition) is 2. The van der Waals surface area contributed by atoms with Crippen molar-refractivity contribution in [1.82, 2.24) is 10.6 Å². The van der Waals surface area contributed by atoms with E-state index in [1.807, 2.05) is 19.1 Å². The summed E-state index contributed by atoms with van der Waals surface area (Å²) in [5, 5.41) is 6.72. The number of hydrogen-bond acceptors (Lipinski definition) is 3. The predicted molar refractivity (Wildman–Crippen MR) is 84.3 cm³/mol. The van der Waals surface area contributed by atoms with Gasteiger partial charge >= 0.3 is 0 Å². The maximum absolute atomic E-state index is 5.51. The average Bonchev–Trinajstić information content (AvgIpc) is 2.97. The first-order valence-corrected chi connectivity index (χ1v) is 7.83. The highest BCUT2D eigenvalue weighted by atomic mass is 16.5. The molecule has 2 N–H and O–H groups in total. The normalized spacial score (nSPS) is 17.3. The Morgan fingerprint density at radius 2 is 2.29 bits per heavy atom. The van der Waals surface area contributed by atoms with E-state index in [9.17, 15) is 0 Å². The third-order valence-corrected chi connectivity index (χ3v) is 4.26. The van der Waals surface area contributed by atoms with Gasteiger partial charge in [-0.1, -0.05) is 6.42 Å². The number of nitrogens with one attached hydrogen (secondary N) is 2. The lowest BCUT2D eigenvalue weighted by Gasteiger charge is -2.42. The summed E-state index contributed by atoms with van der Waals surface area (Å²) in [6.07, 6.45) is 6.70. The van der Waals surface area contributed by atoms with Crippen molar-refractivity contribution in [2.75, 3.05) is 26.8 Å². The average molecular weight is 293 g/mol. The number of ether oxygens (including phenoxy) is 1. The molecule has 2 rings (SSSR count). The van der Waals surface area contributed by atoms with Crippen LogP contribution in [0.1, 0.15) is 38.4 Å². The minimum Gasteiger partial charge on any atom is -0.467 e. The molecule has 0 aliphatic heterocycles. The van der Waals surface area contributed by atoms with Gasteiger partial charge in [-0.05, 0) is 43.7 Å². The third-order valence-electron chi connectivity index (χ3n) is 4.26. The van der Waals surface area contributed by atoms with Crippen LogP contribution in [0, 0.1) is 5.41 Å². The fourth-order valence-electron chi connectivity index (χ4n) is 2.70. The molecular formula is C16H27N3O2. The molecular weight excluding hydrogens is 266 g/mol. The summed E-state index contributed by atoms with van der Waals surface area (Å²) in [5.74, 6) is 1.74. The molecule has 0 spiro atoms. The second kappa shape index (κ2) is 8.08. The molecule has 1 aromatic rings. The van der Waals surface area contributed by atoms with Gasteiger partial charge in [-0.3, -0.25) is 4.99 Å². The van der Waals surface area contributed by atoms with Crippen LogP contribution in [0.2, 0.25) is 0 Å². The summed E-state index contributed by atoms with van der Waals surface area (Å²) < 4.78 is 10.8. The van der Waals surface area contributed by atoms with Gasteiger partial charge in [-0.25, -0.2) is 0 Å². The first-order chi connectivity index (χ1) is 10.3. The van der Waals surface area contributed by atoms with Crippen molar-refractivity contribution >= 4 is 5.96 Å². The lowest BCUT2D eigenvalue weighted by Crippen LogP contribution is -2.46. The lowest BCUT2D eigenvalue weighted by atomic mass is 9.67. The minimum atomic E-state index is 0.386. The van der Waals surface area contributed by atoms with Crippen molar-refractivity contribution in [1.29, 1.82) is 0 Å². The monoisotopic (exact) mass is 293 g/mol. The third kappa shape index (κ3) is 4.77. The van der Waals surface area contributed by atoms with E-state index in [1.165, 1.54) is 19.3 Å². The molecule has 0 bridgehead atoms. The smallest absolute Gasteiger partial charge is 0.191 e. The van der Waals surface area contributed by atoms with Crippen molar-refractivity contribution < 1.29 is 9.15 Å². The zero-order valence-corrected chi connectivity index (χ0v) is 13.2. The molecule has 21 heavy (non-hydrogen) atoms. The maximum atomic E-state index is 5.51. The van der Waals surface area contributed by atoms with E-state index < -0.39 is 0 Å². The standard InChI is InChI=1S/C16H27N3O2/c1-3-20-11-9-16(7-5-8-16)13-19-15(17-2)18-12-14-6-4-10-21-14/h4,6,10H,3,5,7-9,11-13H2,1-2H3,(H2,17,18,19). The molecule has 1 fully saturated rings. The lowest BCUT2D eigenvalue weighted by molar-refractivity contribution is 0.0572. The highest BCUT2D eigenvalue weighted by Gasteiger charge is 2.36. The summed E-state index contributed by atoms with van der Waals surface area (Å²) in [5.41, 5.74) is 0.386. The van der Waals surface area contributed by atoms with Gasteiger partial charge in [0.1, 0.15) is 5.76 Å². The van der Waals surface area contributed by atoms with Crippen molar-refractivity contribution in [2.45, 2.75) is 39.2 Å². The van der Waals surface area contributed by atoms with Crippen LogP contribution in [0.4, 0.5) is 0 Å². The summed E-state index contributed by atoms with van der Waals surface area (Å²) in [6.45, 7) is 5.31. The van der Waals surface area contributed by atoms with Crippen LogP contribution in [0.25, 0.3) is 0 Å². The molecule has 0 saturated heterocycles. The summed E-state index contributed by atoms with van der Waals surface area (Å²) in [7, 11) is 1.80. The molecule has 1 aliphatic carbocycles. The van der Waals surface area contributed by atoms with Crippen molar-refractivity contribution in [3.8, 4) is 0 Å². The number of guanidine groups is 1. The van der Waals surface area contributed by atoms with Gasteiger partial charge in [0.2, 0.25) is 0 Å². The molecule has 0 radical (unpaired) electrons. The molecule has 1 saturated carbocycles. The molecule has 5 heteroatoms. The Hall–Kier alpha value is -1.49. The van der Waals surface area contributed by atoms with E-state index in [-0.39, 0.29) is 0 Å². The summed E-state index contributed by atoms with van der Waals surface area (Å²) in [4.78, 5) is 4.27. The van der Waals surface area contributed by atoms with Crippen LogP contribution in [-0.2, 0) is 11.3 Å². The molecule has 1 aliphatic rings. The topological polar surface area (TPSA) is 58.8 Å². The van der Waals surface area contributed by atoms with Gasteiger partial charge < -0.3 is 19.8 Å². The van der Waals surface area contributed by atoms with Crippen molar-refractivity contribution in [2.24, 2.45) is 10.4 Å². The molecule has 5 nitrogen and oxygen atoms in total. The van der Waals surface area contributed by atoms with Crippen LogP contribution in [0.5, 0.6) is 0 Å². The molecule has 0 atom stereocenters. The van der Waals surface area contributed by atoms with E-state index in [0.29, 0.717) is 12.0 Å². The molecule has 118 valence electrons. The Kier molecular flexibility index (Phi) is 6.11. The fraction of sp³-hybridized carbons (Fsp3) is 0.688. The minimum absolute atomic E-state index is 0.386. The number of aliphatic imine (C=N–C) groups is 1. The van der Waals surface area contributed by atoms with Gasteiger partial charge in [0.05, 0.1) is 12.8 Å². The van der Waals surface area contributed by atoms with Gasteiger partial charge in [0, 0.05) is 26.8 Å². The van der Waals surface area contributed by atoms with Crippen LogP contribution < -0.4 is 10.6 Å². The maximum Gasteiger partial charge on any atom is 0.191 e. The molecule has 1 heterocycles. The first-order valence-electron chi connectivity index (χ1n) is 7.83. The Bertz CT molecular complexity index is 425. The van der Waals surface area contributed by atoms with Crippen LogP contribution in [0.3, 0.4) is 0 Å². The fourth-order valence-corrected chi connectivity index (χ4v) is 2.70. The van der Waals surface area contributed by atoms with E-state index in [0.717, 1.165) is 37.9 Å². The molecule has 0 unspecified atom stereocenters. The largest absolute Gasteiger partial charge is 0.467 e. The van der Waals surface area contributed by atoms with E-state index in [1.54, 1.807) is 13.3 Å². The Balaban J connectivity index is 1.73. The molecule has 1 aromatic heterocycles. The summed E-state index contributed by atoms with van der Waals surface area (Å²) in [6, 6.07) is 3.85. The predicted octanol–water partition coefficient (Wildman–Crippen LogP) is 2.54. The van der Waals surface area contributed by atoms with Crippen LogP contribution >= 0.6 is 0 Å². The quantitative estimate of drug-likeness (QED) is 0.439. The second-order valence-electron chi connectivity index (χ2n) is 5.66. The number of nitrogens with zero attached hydrogens (tertiary/aromatic N) is 1. The number of furan rings is 1. The Morgan fingerprint density at radius 1 is 1.43 bits per heavy atom. The van der Waals surface area contributed by atoms with Gasteiger partial charge in [-0.15, -0.1) is 0 Å². The first kappa shape index (κ1) is 15.9. The van der Waals surface area contributed by atoms with Gasteiger partial charge in [0.25, 0.3) is 0 Å². The molecule has 0 amide bonds. The van der Waals surface area contributed by atoms with E-state index in [4.69, 9.17) is 9.15 Å². The SMILES string of the molecule is CCOCCC1(CNC(=NC)NCc2ccco2)CCC1. The van der Waals surface area contributed by atoms with Crippen molar-refractivity contribution in [3.63, 3.8) is 0 Å². The highest BCUT2D eigenvalue weighted by molar-refractivity contribution is 5.79. The van der Waals surface area contributed by atoms with Crippen LogP contribution in [-0.4, -0.2) is 32.8 Å². The van der Waals surface area contributed by atoms with E-state index >= 15 is 0 Å².